The van der Waals surface area contributed by atoms with Gasteiger partial charge in [0, 0.05) is 0 Å². The van der Waals surface area contributed by atoms with Crippen molar-refractivity contribution < 1.29 is 23.5 Å². The van der Waals surface area contributed by atoms with Gasteiger partial charge in [0.05, 0.1) is 47.5 Å². The van der Waals surface area contributed by atoms with Gasteiger partial charge in [-0.15, -0.1) is 0 Å². The molecule has 9 heteroatoms. The van der Waals surface area contributed by atoms with E-state index in [1.807, 2.05) is 0 Å². The molecule has 0 saturated carbocycles. The van der Waals surface area contributed by atoms with Crippen LogP contribution in [-0.2, 0) is 19.1 Å². The number of hydrogen-bond donors (Lipinski definition) is 1. The van der Waals surface area contributed by atoms with Crippen LogP contribution in [-0.4, -0.2) is 26.2 Å². The van der Waals surface area contributed by atoms with Crippen molar-refractivity contribution in [2.45, 2.75) is 12.8 Å². The number of benzene rings is 2. The Balaban J connectivity index is 2.46. The molecule has 0 aliphatic carbocycles. The van der Waals surface area contributed by atoms with E-state index in [-0.39, 0.29) is 32.8 Å². The number of esters is 2. The predicted octanol–water partition coefficient (Wildman–Crippen LogP) is 3.79. The Morgan fingerprint density at radius 2 is 1.75 bits per heavy atom. The summed E-state index contributed by atoms with van der Waals surface area (Å²) < 4.78 is 24.2. The molecule has 1 heterocycles. The van der Waals surface area contributed by atoms with Gasteiger partial charge >= 0.3 is 11.9 Å². The molecule has 3 rings (SSSR count). The molecule has 32 heavy (non-hydrogen) atoms. The van der Waals surface area contributed by atoms with Gasteiger partial charge in [-0.2, -0.15) is 5.26 Å². The number of ether oxygens (including phenoxy) is 2. The predicted molar refractivity (Wildman–Crippen MR) is 118 cm³/mol. The van der Waals surface area contributed by atoms with Crippen LogP contribution in [0.3, 0.4) is 0 Å². The number of allylic oxidation sites excluding steroid dienone is 1. The minimum atomic E-state index is -0.969. The van der Waals surface area contributed by atoms with Gasteiger partial charge in [0.15, 0.2) is 0 Å². The molecule has 0 amide bonds. The highest BCUT2D eigenvalue weighted by molar-refractivity contribution is 9.10. The normalized spacial score (nSPS) is 16.0. The summed E-state index contributed by atoms with van der Waals surface area (Å²) in [5.74, 6) is -3.28. The van der Waals surface area contributed by atoms with E-state index in [0.29, 0.717) is 11.1 Å². The summed E-state index contributed by atoms with van der Waals surface area (Å²) in [5, 5.41) is 10.0. The molecular formula is C23H19BrFN3O4. The fourth-order valence-electron chi connectivity index (χ4n) is 3.65. The number of anilines is 1. The quantitative estimate of drug-likeness (QED) is 0.637. The van der Waals surface area contributed by atoms with E-state index in [0.717, 1.165) is 7.11 Å². The average Bonchev–Trinajstić information content (AvgIpc) is 2.81. The topological polar surface area (TPSA) is 106 Å². The Labute approximate surface area is 192 Å². The van der Waals surface area contributed by atoms with E-state index in [9.17, 15) is 19.2 Å². The summed E-state index contributed by atoms with van der Waals surface area (Å²) >= 11 is 3.18. The third-order valence-electron chi connectivity index (χ3n) is 5.16. The van der Waals surface area contributed by atoms with E-state index in [2.05, 4.69) is 22.0 Å². The summed E-state index contributed by atoms with van der Waals surface area (Å²) in [7, 11) is 2.33. The van der Waals surface area contributed by atoms with Crippen LogP contribution in [0.5, 0.6) is 0 Å². The molecular weight excluding hydrogens is 481 g/mol. The van der Waals surface area contributed by atoms with Crippen molar-refractivity contribution in [2.75, 3.05) is 19.1 Å². The van der Waals surface area contributed by atoms with E-state index >= 15 is 0 Å². The fraction of sp³-hybridized carbons (Fsp3) is 0.174. The van der Waals surface area contributed by atoms with Crippen LogP contribution in [0.15, 0.2) is 69.6 Å². The summed E-state index contributed by atoms with van der Waals surface area (Å²) in [4.78, 5) is 27.2. The molecule has 2 aromatic carbocycles. The summed E-state index contributed by atoms with van der Waals surface area (Å²) in [6.45, 7) is 1.61. The molecule has 2 N–H and O–H groups in total. The maximum atomic E-state index is 14.1. The molecule has 1 unspecified atom stereocenters. The first-order valence-electron chi connectivity index (χ1n) is 9.38. The van der Waals surface area contributed by atoms with Crippen LogP contribution in [0.25, 0.3) is 0 Å². The lowest BCUT2D eigenvalue weighted by molar-refractivity contribution is -0.139. The van der Waals surface area contributed by atoms with Crippen LogP contribution < -0.4 is 10.6 Å². The number of rotatable bonds is 4. The lowest BCUT2D eigenvalue weighted by Crippen LogP contribution is -2.41. The van der Waals surface area contributed by atoms with Crippen molar-refractivity contribution in [3.05, 3.63) is 86.5 Å². The van der Waals surface area contributed by atoms with E-state index < -0.39 is 23.7 Å². The van der Waals surface area contributed by atoms with Crippen LogP contribution in [0.2, 0.25) is 0 Å². The SMILES string of the molecule is COC(=O)C1=C(C(=O)OC)N(c2ccc(F)c(Br)c2C)C(N)=C(C#N)C1c1ccccc1. The van der Waals surface area contributed by atoms with Gasteiger partial charge in [0.25, 0.3) is 0 Å². The van der Waals surface area contributed by atoms with Gasteiger partial charge < -0.3 is 15.2 Å². The first-order chi connectivity index (χ1) is 15.3. The van der Waals surface area contributed by atoms with Gasteiger partial charge in [-0.3, -0.25) is 4.90 Å². The van der Waals surface area contributed by atoms with Crippen molar-refractivity contribution >= 4 is 33.6 Å². The second-order valence-electron chi connectivity index (χ2n) is 6.84. The van der Waals surface area contributed by atoms with Crippen molar-refractivity contribution in [1.29, 1.82) is 5.26 Å². The Hall–Kier alpha value is -3.64. The zero-order chi connectivity index (χ0) is 23.6. The van der Waals surface area contributed by atoms with Crippen LogP contribution >= 0.6 is 15.9 Å². The molecule has 1 atom stereocenters. The number of nitrogens with zero attached hydrogens (tertiary/aromatic N) is 2. The zero-order valence-electron chi connectivity index (χ0n) is 17.5. The molecule has 0 fully saturated rings. The number of carbonyl (C=O) groups excluding carboxylic acids is 2. The molecule has 0 bridgehead atoms. The van der Waals surface area contributed by atoms with Crippen molar-refractivity contribution in [3.63, 3.8) is 0 Å². The number of methoxy groups -OCH3 is 2. The van der Waals surface area contributed by atoms with Crippen LogP contribution in [0, 0.1) is 24.1 Å². The molecule has 0 aromatic heterocycles. The minimum absolute atomic E-state index is 0.0316. The maximum absolute atomic E-state index is 14.1. The first kappa shape index (κ1) is 23.0. The molecule has 1 aliphatic rings. The van der Waals surface area contributed by atoms with Gasteiger partial charge in [-0.25, -0.2) is 14.0 Å². The van der Waals surface area contributed by atoms with Crippen molar-refractivity contribution in [2.24, 2.45) is 5.73 Å². The number of nitriles is 1. The monoisotopic (exact) mass is 499 g/mol. The zero-order valence-corrected chi connectivity index (χ0v) is 19.1. The Bertz CT molecular complexity index is 1200. The molecule has 0 saturated heterocycles. The maximum Gasteiger partial charge on any atom is 0.355 e. The lowest BCUT2D eigenvalue weighted by atomic mass is 9.81. The van der Waals surface area contributed by atoms with E-state index in [1.165, 1.54) is 24.1 Å². The average molecular weight is 500 g/mol. The van der Waals surface area contributed by atoms with Gasteiger partial charge in [-0.1, -0.05) is 30.3 Å². The third kappa shape index (κ3) is 3.74. The smallest absolute Gasteiger partial charge is 0.355 e. The lowest BCUT2D eigenvalue weighted by Gasteiger charge is -2.36. The third-order valence-corrected chi connectivity index (χ3v) is 6.14. The highest BCUT2D eigenvalue weighted by Gasteiger charge is 2.43. The van der Waals surface area contributed by atoms with Crippen LogP contribution in [0.1, 0.15) is 17.0 Å². The Kier molecular flexibility index (Phi) is 6.65. The molecule has 1 aliphatic heterocycles. The number of hydrogen-bond acceptors (Lipinski definition) is 7. The fourth-order valence-corrected chi connectivity index (χ4v) is 3.98. The van der Waals surface area contributed by atoms with Gasteiger partial charge in [-0.05, 0) is 46.1 Å². The Morgan fingerprint density at radius 1 is 1.12 bits per heavy atom. The number of halogens is 2. The second-order valence-corrected chi connectivity index (χ2v) is 7.63. The summed E-state index contributed by atoms with van der Waals surface area (Å²) in [6, 6.07) is 13.3. The molecule has 0 radical (unpaired) electrons. The van der Waals surface area contributed by atoms with Crippen LogP contribution in [0.4, 0.5) is 10.1 Å². The van der Waals surface area contributed by atoms with Crippen molar-refractivity contribution in [1.82, 2.24) is 0 Å². The van der Waals surface area contributed by atoms with E-state index in [1.54, 1.807) is 37.3 Å². The van der Waals surface area contributed by atoms with Crippen molar-refractivity contribution in [3.8, 4) is 6.07 Å². The van der Waals surface area contributed by atoms with Gasteiger partial charge in [0.2, 0.25) is 0 Å². The second kappa shape index (κ2) is 9.24. The largest absolute Gasteiger partial charge is 0.466 e. The first-order valence-corrected chi connectivity index (χ1v) is 10.2. The summed E-state index contributed by atoms with van der Waals surface area (Å²) in [6.07, 6.45) is 0. The molecule has 0 spiro atoms. The number of nitrogens with two attached hydrogens (primary N) is 1. The number of carbonyl (C=O) groups is 2. The standard InChI is InChI=1S/C23H19BrFN3O4/c1-12-16(10-9-15(25)19(12)24)28-20(23(30)32-3)18(22(29)31-2)17(14(11-26)21(28)27)13-7-5-4-6-8-13/h4-10,17H,27H2,1-3H3. The minimum Gasteiger partial charge on any atom is -0.466 e. The molecule has 2 aromatic rings. The molecule has 7 nitrogen and oxygen atoms in total. The highest BCUT2D eigenvalue weighted by atomic mass is 79.9. The highest BCUT2D eigenvalue weighted by Crippen LogP contribution is 2.44. The summed E-state index contributed by atoms with van der Waals surface area (Å²) in [5.41, 5.74) is 7.36. The molecule has 164 valence electrons. The van der Waals surface area contributed by atoms with E-state index in [4.69, 9.17) is 15.2 Å². The van der Waals surface area contributed by atoms with Gasteiger partial charge in [0.1, 0.15) is 17.3 Å². The Morgan fingerprint density at radius 3 is 2.31 bits per heavy atom.